The van der Waals surface area contributed by atoms with Gasteiger partial charge in [0.05, 0.1) is 17.7 Å². The smallest absolute Gasteiger partial charge is 0.274 e. The molecule has 0 aliphatic carbocycles. The fraction of sp³-hybridized carbons (Fsp3) is 0.483. The molecule has 3 amide bonds. The second-order valence-corrected chi connectivity index (χ2v) is 11.7. The zero-order valence-electron chi connectivity index (χ0n) is 24.0. The molecule has 212 valence electrons. The topological polar surface area (TPSA) is 103 Å². The fourth-order valence-electron chi connectivity index (χ4n) is 3.75. The first-order valence-corrected chi connectivity index (χ1v) is 13.1. The molecule has 1 aliphatic rings. The van der Waals surface area contributed by atoms with Gasteiger partial charge in [-0.25, -0.2) is 11.0 Å². The summed E-state index contributed by atoms with van der Waals surface area (Å²) < 4.78 is 0. The molecule has 1 aliphatic heterocycles. The quantitative estimate of drug-likeness (QED) is 0.495. The SMILES string of the molecule is CN1CCN(CC(=O)N(c2ccc(C(=O)NOC(C)(C)C)cc2)c2ccc(C(=O)NOC(C)(C)C)cc2)CC1. The summed E-state index contributed by atoms with van der Waals surface area (Å²) >= 11 is 0. The Hall–Kier alpha value is -3.31. The number of hydroxylamine groups is 2. The minimum Gasteiger partial charge on any atom is -0.304 e. The number of nitrogens with one attached hydrogen (secondary N) is 2. The molecule has 0 saturated carbocycles. The van der Waals surface area contributed by atoms with Crippen molar-refractivity contribution in [2.75, 3.05) is 44.7 Å². The Morgan fingerprint density at radius 3 is 1.46 bits per heavy atom. The Balaban J connectivity index is 1.82. The average molecular weight is 540 g/mol. The van der Waals surface area contributed by atoms with Crippen LogP contribution in [0.5, 0.6) is 0 Å². The number of nitrogens with zero attached hydrogens (tertiary/aromatic N) is 3. The van der Waals surface area contributed by atoms with Crippen LogP contribution in [0.1, 0.15) is 62.3 Å². The zero-order chi connectivity index (χ0) is 28.8. The molecule has 0 bridgehead atoms. The highest BCUT2D eigenvalue weighted by atomic mass is 16.7. The van der Waals surface area contributed by atoms with Crippen LogP contribution in [0.2, 0.25) is 0 Å². The van der Waals surface area contributed by atoms with Crippen LogP contribution in [-0.2, 0) is 14.5 Å². The highest BCUT2D eigenvalue weighted by Gasteiger charge is 2.24. The summed E-state index contributed by atoms with van der Waals surface area (Å²) in [6.07, 6.45) is 0. The van der Waals surface area contributed by atoms with Crippen LogP contribution in [0.4, 0.5) is 11.4 Å². The minimum atomic E-state index is -0.524. The van der Waals surface area contributed by atoms with Crippen molar-refractivity contribution in [1.29, 1.82) is 0 Å². The van der Waals surface area contributed by atoms with Crippen molar-refractivity contribution >= 4 is 29.1 Å². The molecule has 2 aromatic rings. The number of carbonyl (C=O) groups is 3. The molecular formula is C29H41N5O5. The Morgan fingerprint density at radius 1 is 0.718 bits per heavy atom. The van der Waals surface area contributed by atoms with Gasteiger partial charge in [0.1, 0.15) is 0 Å². The van der Waals surface area contributed by atoms with Gasteiger partial charge in [0.2, 0.25) is 5.91 Å². The van der Waals surface area contributed by atoms with Crippen molar-refractivity contribution < 1.29 is 24.1 Å². The van der Waals surface area contributed by atoms with E-state index in [0.717, 1.165) is 26.2 Å². The van der Waals surface area contributed by atoms with E-state index < -0.39 is 11.2 Å². The van der Waals surface area contributed by atoms with Gasteiger partial charge >= 0.3 is 0 Å². The third kappa shape index (κ3) is 9.43. The molecular weight excluding hydrogens is 498 g/mol. The van der Waals surface area contributed by atoms with E-state index in [-0.39, 0.29) is 24.3 Å². The maximum absolute atomic E-state index is 13.6. The summed E-state index contributed by atoms with van der Waals surface area (Å²) in [5.41, 5.74) is 5.89. The van der Waals surface area contributed by atoms with Crippen molar-refractivity contribution in [2.24, 2.45) is 0 Å². The first kappa shape index (κ1) is 30.2. The van der Waals surface area contributed by atoms with Crippen LogP contribution in [0.15, 0.2) is 48.5 Å². The van der Waals surface area contributed by atoms with Crippen molar-refractivity contribution in [3.63, 3.8) is 0 Å². The van der Waals surface area contributed by atoms with Crippen molar-refractivity contribution in [1.82, 2.24) is 20.8 Å². The van der Waals surface area contributed by atoms with Crippen LogP contribution >= 0.6 is 0 Å². The number of carbonyl (C=O) groups excluding carboxylic acids is 3. The molecule has 10 nitrogen and oxygen atoms in total. The predicted octanol–water partition coefficient (Wildman–Crippen LogP) is 3.52. The summed E-state index contributed by atoms with van der Waals surface area (Å²) in [5.74, 6) is -0.861. The number of hydrogen-bond acceptors (Lipinski definition) is 7. The molecule has 0 radical (unpaired) electrons. The molecule has 1 heterocycles. The normalized spacial score (nSPS) is 15.1. The maximum atomic E-state index is 13.6. The Kier molecular flexibility index (Phi) is 9.84. The molecule has 3 rings (SSSR count). The Bertz CT molecular complexity index is 1060. The summed E-state index contributed by atoms with van der Waals surface area (Å²) in [7, 11) is 2.07. The lowest BCUT2D eigenvalue weighted by molar-refractivity contribution is -0.119. The summed E-state index contributed by atoms with van der Waals surface area (Å²) in [6.45, 7) is 14.7. The molecule has 2 aromatic carbocycles. The monoisotopic (exact) mass is 539 g/mol. The molecule has 0 spiro atoms. The van der Waals surface area contributed by atoms with Gasteiger partial charge in [0.25, 0.3) is 11.8 Å². The minimum absolute atomic E-state index is 0.110. The number of rotatable bonds is 8. The van der Waals surface area contributed by atoms with E-state index in [1.54, 1.807) is 53.4 Å². The second-order valence-electron chi connectivity index (χ2n) is 11.7. The molecule has 1 saturated heterocycles. The molecule has 2 N–H and O–H groups in total. The van der Waals surface area contributed by atoms with Crippen LogP contribution in [0, 0.1) is 0 Å². The van der Waals surface area contributed by atoms with E-state index >= 15 is 0 Å². The van der Waals surface area contributed by atoms with Gasteiger partial charge in [-0.3, -0.25) is 33.9 Å². The lowest BCUT2D eigenvalue weighted by atomic mass is 10.1. The van der Waals surface area contributed by atoms with E-state index in [0.29, 0.717) is 22.5 Å². The Labute approximate surface area is 231 Å². The van der Waals surface area contributed by atoms with Gasteiger partial charge < -0.3 is 4.90 Å². The van der Waals surface area contributed by atoms with E-state index in [2.05, 4.69) is 27.8 Å². The van der Waals surface area contributed by atoms with Gasteiger partial charge in [-0.05, 0) is 97.1 Å². The molecule has 1 fully saturated rings. The summed E-state index contributed by atoms with van der Waals surface area (Å²) in [6, 6.07) is 13.5. The molecule has 0 atom stereocenters. The number of amides is 3. The number of likely N-dealkylation sites (N-methyl/N-ethyl adjacent to an activating group) is 1. The predicted molar refractivity (Wildman–Crippen MR) is 151 cm³/mol. The maximum Gasteiger partial charge on any atom is 0.274 e. The Morgan fingerprint density at radius 2 is 1.10 bits per heavy atom. The van der Waals surface area contributed by atoms with Crippen molar-refractivity contribution in [3.8, 4) is 0 Å². The van der Waals surface area contributed by atoms with Gasteiger partial charge in [0.15, 0.2) is 0 Å². The highest BCUT2D eigenvalue weighted by Crippen LogP contribution is 2.27. The van der Waals surface area contributed by atoms with Crippen molar-refractivity contribution in [3.05, 3.63) is 59.7 Å². The van der Waals surface area contributed by atoms with E-state index in [9.17, 15) is 14.4 Å². The van der Waals surface area contributed by atoms with E-state index in [1.165, 1.54) is 0 Å². The van der Waals surface area contributed by atoms with Gasteiger partial charge in [-0.15, -0.1) is 0 Å². The first-order valence-electron chi connectivity index (χ1n) is 13.1. The zero-order valence-corrected chi connectivity index (χ0v) is 24.0. The standard InChI is InChI=1S/C29H41N5O5/c1-28(2,3)38-30-26(36)21-8-12-23(13-9-21)34(25(35)20-33-18-16-32(7)17-19-33)24-14-10-22(11-15-24)27(37)31-39-29(4,5)6/h8-15H,16-20H2,1-7H3,(H,30,36)(H,31,37). The van der Waals surface area contributed by atoms with Crippen LogP contribution in [0.3, 0.4) is 0 Å². The van der Waals surface area contributed by atoms with E-state index in [4.69, 9.17) is 9.68 Å². The molecule has 39 heavy (non-hydrogen) atoms. The van der Waals surface area contributed by atoms with Crippen molar-refractivity contribution in [2.45, 2.75) is 52.7 Å². The average Bonchev–Trinajstić information content (AvgIpc) is 2.87. The largest absolute Gasteiger partial charge is 0.304 e. The summed E-state index contributed by atoms with van der Waals surface area (Å²) in [5, 5.41) is 0. The van der Waals surface area contributed by atoms with Crippen LogP contribution in [-0.4, -0.2) is 78.5 Å². The first-order chi connectivity index (χ1) is 18.2. The third-order valence-corrected chi connectivity index (χ3v) is 5.88. The van der Waals surface area contributed by atoms with Gasteiger partial charge in [0, 0.05) is 48.7 Å². The number of hydrogen-bond donors (Lipinski definition) is 2. The molecule has 0 unspecified atom stereocenters. The van der Waals surface area contributed by atoms with Crippen LogP contribution in [0.25, 0.3) is 0 Å². The van der Waals surface area contributed by atoms with Crippen LogP contribution < -0.4 is 15.9 Å². The molecule has 10 heteroatoms. The van der Waals surface area contributed by atoms with Gasteiger partial charge in [-0.1, -0.05) is 0 Å². The fourth-order valence-corrected chi connectivity index (χ4v) is 3.75. The lowest BCUT2D eigenvalue weighted by Gasteiger charge is -2.33. The molecule has 0 aromatic heterocycles. The second kappa shape index (κ2) is 12.7. The number of anilines is 2. The third-order valence-electron chi connectivity index (χ3n) is 5.88. The van der Waals surface area contributed by atoms with Gasteiger partial charge in [-0.2, -0.15) is 0 Å². The van der Waals surface area contributed by atoms with E-state index in [1.807, 2.05) is 41.5 Å². The highest BCUT2D eigenvalue weighted by molar-refractivity contribution is 6.03. The lowest BCUT2D eigenvalue weighted by Crippen LogP contribution is -2.48. The number of benzene rings is 2. The number of piperazine rings is 1. The summed E-state index contributed by atoms with van der Waals surface area (Å²) in [4.78, 5) is 55.4.